The molecule has 4 rings (SSSR count). The molecule has 5 nitrogen and oxygen atoms in total. The summed E-state index contributed by atoms with van der Waals surface area (Å²) < 4.78 is 14.8. The molecular formula is C24H21BrFN3O2. The second-order valence-corrected chi connectivity index (χ2v) is 8.35. The highest BCUT2D eigenvalue weighted by atomic mass is 79.9. The number of aryl methyl sites for hydroxylation is 1. The fraction of sp³-hybridized carbons (Fsp3) is 0.167. The molecule has 1 aliphatic heterocycles. The van der Waals surface area contributed by atoms with Crippen molar-refractivity contribution in [2.75, 3.05) is 16.8 Å². The minimum atomic E-state index is -0.815. The summed E-state index contributed by atoms with van der Waals surface area (Å²) in [5, 5.41) is 6.03. The topological polar surface area (TPSA) is 61.4 Å². The van der Waals surface area contributed by atoms with Gasteiger partial charge in [-0.25, -0.2) is 4.39 Å². The Balaban J connectivity index is 1.65. The summed E-state index contributed by atoms with van der Waals surface area (Å²) in [5.41, 5.74) is 3.29. The first kappa shape index (κ1) is 21.1. The number of anilines is 2. The zero-order chi connectivity index (χ0) is 22.0. The van der Waals surface area contributed by atoms with Gasteiger partial charge in [-0.3, -0.25) is 9.59 Å². The molecule has 158 valence electrons. The highest BCUT2D eigenvalue weighted by Crippen LogP contribution is 2.31. The van der Waals surface area contributed by atoms with Gasteiger partial charge in [0.1, 0.15) is 11.9 Å². The van der Waals surface area contributed by atoms with Gasteiger partial charge in [-0.05, 0) is 48.4 Å². The number of nitrogens with zero attached hydrogens (tertiary/aromatic N) is 1. The first-order valence-corrected chi connectivity index (χ1v) is 10.7. The maximum atomic E-state index is 14.0. The van der Waals surface area contributed by atoms with Crippen molar-refractivity contribution in [3.8, 4) is 0 Å². The monoisotopic (exact) mass is 481 g/mol. The van der Waals surface area contributed by atoms with Gasteiger partial charge in [0, 0.05) is 16.6 Å². The van der Waals surface area contributed by atoms with E-state index in [4.69, 9.17) is 0 Å². The molecule has 1 aliphatic rings. The van der Waals surface area contributed by atoms with Crippen LogP contribution in [0.3, 0.4) is 0 Å². The van der Waals surface area contributed by atoms with Crippen molar-refractivity contribution in [1.82, 2.24) is 5.32 Å². The second kappa shape index (κ2) is 8.89. The second-order valence-electron chi connectivity index (χ2n) is 7.44. The van der Waals surface area contributed by atoms with E-state index < -0.39 is 11.9 Å². The Labute approximate surface area is 188 Å². The van der Waals surface area contributed by atoms with E-state index in [2.05, 4.69) is 26.6 Å². The standard InChI is InChI=1S/C24H21BrFN3O2/c1-15-7-8-17(25)11-19(15)23(30)28-21-13-27-20-10-9-18(26)12-22(20)29(24(21)31)14-16-5-3-2-4-6-16/h2-12,21,27H,13-14H2,1H3,(H,28,30)/t21-/m0/s1. The van der Waals surface area contributed by atoms with Crippen LogP contribution in [-0.2, 0) is 11.3 Å². The molecule has 3 aromatic carbocycles. The lowest BCUT2D eigenvalue weighted by Gasteiger charge is -2.26. The molecule has 0 saturated heterocycles. The molecule has 0 spiro atoms. The Bertz CT molecular complexity index is 1140. The van der Waals surface area contributed by atoms with Gasteiger partial charge in [-0.2, -0.15) is 0 Å². The van der Waals surface area contributed by atoms with Crippen molar-refractivity contribution in [1.29, 1.82) is 0 Å². The van der Waals surface area contributed by atoms with Crippen molar-refractivity contribution in [3.63, 3.8) is 0 Å². The number of halogens is 2. The molecule has 7 heteroatoms. The van der Waals surface area contributed by atoms with E-state index in [-0.39, 0.29) is 24.9 Å². The van der Waals surface area contributed by atoms with Crippen molar-refractivity contribution in [3.05, 3.63) is 93.7 Å². The van der Waals surface area contributed by atoms with Crippen LogP contribution in [0.2, 0.25) is 0 Å². The summed E-state index contributed by atoms with van der Waals surface area (Å²) in [6, 6.07) is 18.4. The minimum Gasteiger partial charge on any atom is -0.381 e. The summed E-state index contributed by atoms with van der Waals surface area (Å²) in [4.78, 5) is 27.9. The van der Waals surface area contributed by atoms with Gasteiger partial charge in [0.2, 0.25) is 0 Å². The number of nitrogens with one attached hydrogen (secondary N) is 2. The first-order valence-electron chi connectivity index (χ1n) is 9.88. The van der Waals surface area contributed by atoms with E-state index in [1.54, 1.807) is 12.1 Å². The zero-order valence-corrected chi connectivity index (χ0v) is 18.4. The van der Waals surface area contributed by atoms with E-state index in [1.807, 2.05) is 49.4 Å². The SMILES string of the molecule is Cc1ccc(Br)cc1C(=O)N[C@H]1CNc2ccc(F)cc2N(Cc2ccccc2)C1=O. The molecule has 1 heterocycles. The van der Waals surface area contributed by atoms with E-state index in [0.717, 1.165) is 15.6 Å². The van der Waals surface area contributed by atoms with Crippen LogP contribution in [0.5, 0.6) is 0 Å². The van der Waals surface area contributed by atoms with Gasteiger partial charge in [-0.1, -0.05) is 52.3 Å². The third-order valence-corrected chi connectivity index (χ3v) is 5.74. The Kier molecular flexibility index (Phi) is 6.04. The number of carbonyl (C=O) groups excluding carboxylic acids is 2. The zero-order valence-electron chi connectivity index (χ0n) is 16.9. The normalized spacial score (nSPS) is 15.6. The van der Waals surface area contributed by atoms with Crippen molar-refractivity contribution in [2.45, 2.75) is 19.5 Å². The van der Waals surface area contributed by atoms with Crippen LogP contribution < -0.4 is 15.5 Å². The molecule has 2 amide bonds. The molecule has 0 radical (unpaired) electrons. The van der Waals surface area contributed by atoms with Crippen LogP contribution in [-0.4, -0.2) is 24.4 Å². The van der Waals surface area contributed by atoms with E-state index in [9.17, 15) is 14.0 Å². The van der Waals surface area contributed by atoms with Crippen LogP contribution in [0.15, 0.2) is 71.2 Å². The van der Waals surface area contributed by atoms with Gasteiger partial charge in [0.25, 0.3) is 11.8 Å². The molecule has 31 heavy (non-hydrogen) atoms. The molecule has 2 N–H and O–H groups in total. The number of benzene rings is 3. The van der Waals surface area contributed by atoms with Crippen molar-refractivity contribution in [2.24, 2.45) is 0 Å². The van der Waals surface area contributed by atoms with Gasteiger partial charge >= 0.3 is 0 Å². The molecule has 3 aromatic rings. The summed E-state index contributed by atoms with van der Waals surface area (Å²) in [6.45, 7) is 2.30. The van der Waals surface area contributed by atoms with E-state index >= 15 is 0 Å². The quantitative estimate of drug-likeness (QED) is 0.569. The first-order chi connectivity index (χ1) is 14.9. The number of amides is 2. The number of hydrogen-bond acceptors (Lipinski definition) is 3. The molecule has 0 fully saturated rings. The molecular weight excluding hydrogens is 461 g/mol. The fourth-order valence-electron chi connectivity index (χ4n) is 3.60. The fourth-order valence-corrected chi connectivity index (χ4v) is 3.96. The maximum absolute atomic E-state index is 14.0. The van der Waals surface area contributed by atoms with Crippen molar-refractivity contribution >= 4 is 39.1 Å². The van der Waals surface area contributed by atoms with Gasteiger partial charge in [0.15, 0.2) is 0 Å². The average Bonchev–Trinajstić information content (AvgIpc) is 2.88. The number of fused-ring (bicyclic) bond motifs is 1. The maximum Gasteiger partial charge on any atom is 0.252 e. The molecule has 1 atom stereocenters. The number of hydrogen-bond donors (Lipinski definition) is 2. The van der Waals surface area contributed by atoms with Gasteiger partial charge in [-0.15, -0.1) is 0 Å². The van der Waals surface area contributed by atoms with Crippen LogP contribution in [0.4, 0.5) is 15.8 Å². The lowest BCUT2D eigenvalue weighted by Crippen LogP contribution is -2.50. The Hall–Kier alpha value is -3.19. The smallest absolute Gasteiger partial charge is 0.252 e. The van der Waals surface area contributed by atoms with Crippen molar-refractivity contribution < 1.29 is 14.0 Å². The van der Waals surface area contributed by atoms with Gasteiger partial charge < -0.3 is 15.5 Å². The Morgan fingerprint density at radius 3 is 2.71 bits per heavy atom. The molecule has 0 saturated carbocycles. The Morgan fingerprint density at radius 2 is 1.94 bits per heavy atom. The third-order valence-electron chi connectivity index (χ3n) is 5.24. The summed E-state index contributed by atoms with van der Waals surface area (Å²) >= 11 is 3.38. The number of carbonyl (C=O) groups is 2. The summed E-state index contributed by atoms with van der Waals surface area (Å²) in [7, 11) is 0. The van der Waals surface area contributed by atoms with Crippen LogP contribution in [0.25, 0.3) is 0 Å². The highest BCUT2D eigenvalue weighted by Gasteiger charge is 2.32. The van der Waals surface area contributed by atoms with Crippen LogP contribution in [0.1, 0.15) is 21.5 Å². The minimum absolute atomic E-state index is 0.196. The highest BCUT2D eigenvalue weighted by molar-refractivity contribution is 9.10. The summed E-state index contributed by atoms with van der Waals surface area (Å²) in [6.07, 6.45) is 0. The predicted octanol–water partition coefficient (Wildman–Crippen LogP) is 4.65. The molecule has 0 unspecified atom stereocenters. The third kappa shape index (κ3) is 4.61. The molecule has 0 aromatic heterocycles. The lowest BCUT2D eigenvalue weighted by molar-refractivity contribution is -0.120. The van der Waals surface area contributed by atoms with Crippen LogP contribution in [0, 0.1) is 12.7 Å². The Morgan fingerprint density at radius 1 is 1.16 bits per heavy atom. The number of rotatable bonds is 4. The summed E-state index contributed by atoms with van der Waals surface area (Å²) in [5.74, 6) is -1.07. The van der Waals surface area contributed by atoms with E-state index in [0.29, 0.717) is 16.9 Å². The predicted molar refractivity (Wildman–Crippen MR) is 123 cm³/mol. The van der Waals surface area contributed by atoms with Gasteiger partial charge in [0.05, 0.1) is 17.9 Å². The average molecular weight is 482 g/mol. The lowest BCUT2D eigenvalue weighted by atomic mass is 10.1. The largest absolute Gasteiger partial charge is 0.381 e. The molecule has 0 bridgehead atoms. The van der Waals surface area contributed by atoms with E-state index in [1.165, 1.54) is 17.0 Å². The van der Waals surface area contributed by atoms with Crippen LogP contribution >= 0.6 is 15.9 Å². The molecule has 0 aliphatic carbocycles.